The van der Waals surface area contributed by atoms with Crippen molar-refractivity contribution >= 4 is 17.6 Å². The molecule has 2 aliphatic rings. The number of carbonyl (C=O) groups excluding carboxylic acids is 2. The van der Waals surface area contributed by atoms with Gasteiger partial charge in [-0.3, -0.25) is 14.9 Å². The quantitative estimate of drug-likeness (QED) is 0.470. The summed E-state index contributed by atoms with van der Waals surface area (Å²) in [4.78, 5) is 34.9. The van der Waals surface area contributed by atoms with E-state index in [1.54, 1.807) is 6.92 Å². The van der Waals surface area contributed by atoms with Crippen LogP contribution in [0.3, 0.4) is 0 Å². The largest absolute Gasteiger partial charge is 0.462 e. The zero-order chi connectivity index (χ0) is 17.3. The lowest BCUT2D eigenvalue weighted by Gasteiger charge is -2.17. The van der Waals surface area contributed by atoms with Crippen LogP contribution in [0.1, 0.15) is 53.3 Å². The van der Waals surface area contributed by atoms with Crippen molar-refractivity contribution in [1.29, 1.82) is 0 Å². The summed E-state index contributed by atoms with van der Waals surface area (Å²) in [5, 5.41) is 14.1. The van der Waals surface area contributed by atoms with Gasteiger partial charge in [0.05, 0.1) is 17.1 Å². The minimum absolute atomic E-state index is 0.0191. The smallest absolute Gasteiger partial charge is 0.338 e. The maximum absolute atomic E-state index is 12.5. The zero-order valence-electron chi connectivity index (χ0n) is 13.5. The molecule has 128 valence electrons. The van der Waals surface area contributed by atoms with Crippen LogP contribution in [-0.2, 0) is 4.74 Å². The standard InChI is InChI=1S/C17H20N2O5/c1-2-24-17(21)13-7-12(8-14(9-13)19(22)23)16(20)18-15(10-3-4-10)11-5-6-11/h7-11,15H,2-6H2,1H3,(H,18,20). The molecule has 0 bridgehead atoms. The van der Waals surface area contributed by atoms with Gasteiger partial charge in [-0.2, -0.15) is 0 Å². The van der Waals surface area contributed by atoms with Crippen LogP contribution in [0.5, 0.6) is 0 Å². The van der Waals surface area contributed by atoms with Crippen LogP contribution in [0, 0.1) is 22.0 Å². The lowest BCUT2D eigenvalue weighted by Crippen LogP contribution is -2.38. The Morgan fingerprint density at radius 1 is 1.21 bits per heavy atom. The normalized spacial score (nSPS) is 16.8. The Morgan fingerprint density at radius 2 is 1.79 bits per heavy atom. The molecule has 0 aromatic heterocycles. The van der Waals surface area contributed by atoms with Crippen molar-refractivity contribution in [3.8, 4) is 0 Å². The molecule has 7 nitrogen and oxygen atoms in total. The van der Waals surface area contributed by atoms with Crippen molar-refractivity contribution in [1.82, 2.24) is 5.32 Å². The average Bonchev–Trinajstić information content (AvgIpc) is 3.45. The van der Waals surface area contributed by atoms with Crippen molar-refractivity contribution in [2.45, 2.75) is 38.6 Å². The summed E-state index contributed by atoms with van der Waals surface area (Å²) < 4.78 is 4.88. The fourth-order valence-corrected chi connectivity index (χ4v) is 2.95. The highest BCUT2D eigenvalue weighted by Gasteiger charge is 2.42. The van der Waals surface area contributed by atoms with Crippen molar-refractivity contribution < 1.29 is 19.2 Å². The molecule has 7 heteroatoms. The van der Waals surface area contributed by atoms with Crippen molar-refractivity contribution in [2.24, 2.45) is 11.8 Å². The molecule has 1 aromatic carbocycles. The summed E-state index contributed by atoms with van der Waals surface area (Å²) >= 11 is 0. The first-order valence-corrected chi connectivity index (χ1v) is 8.27. The average molecular weight is 332 g/mol. The molecule has 24 heavy (non-hydrogen) atoms. The molecule has 1 N–H and O–H groups in total. The molecule has 1 amide bonds. The third-order valence-corrected chi connectivity index (χ3v) is 4.46. The summed E-state index contributed by atoms with van der Waals surface area (Å²) in [6, 6.07) is 3.84. The molecule has 0 unspecified atom stereocenters. The Labute approximate surface area is 139 Å². The Bertz CT molecular complexity index is 668. The molecule has 2 aliphatic carbocycles. The Balaban J connectivity index is 1.83. The molecule has 3 rings (SSSR count). The second kappa shape index (κ2) is 6.59. The topological polar surface area (TPSA) is 98.5 Å². The molecular formula is C17H20N2O5. The highest BCUT2D eigenvalue weighted by Crippen LogP contribution is 2.44. The highest BCUT2D eigenvalue weighted by atomic mass is 16.6. The molecular weight excluding hydrogens is 312 g/mol. The summed E-state index contributed by atoms with van der Waals surface area (Å²) in [7, 11) is 0. The van der Waals surface area contributed by atoms with E-state index in [1.165, 1.54) is 12.1 Å². The van der Waals surface area contributed by atoms with E-state index in [0.717, 1.165) is 31.7 Å². The Kier molecular flexibility index (Phi) is 4.51. The number of benzene rings is 1. The van der Waals surface area contributed by atoms with E-state index < -0.39 is 10.9 Å². The first kappa shape index (κ1) is 16.4. The van der Waals surface area contributed by atoms with Gasteiger partial charge in [0.25, 0.3) is 11.6 Å². The second-order valence-corrected chi connectivity index (χ2v) is 6.42. The Hall–Kier alpha value is -2.44. The van der Waals surface area contributed by atoms with Gasteiger partial charge < -0.3 is 10.1 Å². The number of nitrogens with one attached hydrogen (secondary N) is 1. The lowest BCUT2D eigenvalue weighted by atomic mass is 10.0. The molecule has 0 atom stereocenters. The maximum Gasteiger partial charge on any atom is 0.338 e. The zero-order valence-corrected chi connectivity index (χ0v) is 13.5. The monoisotopic (exact) mass is 332 g/mol. The molecule has 2 fully saturated rings. The molecule has 2 saturated carbocycles. The number of hydrogen-bond donors (Lipinski definition) is 1. The molecule has 0 radical (unpaired) electrons. The van der Waals surface area contributed by atoms with Crippen molar-refractivity contribution in [3.63, 3.8) is 0 Å². The van der Waals surface area contributed by atoms with Gasteiger partial charge in [-0.25, -0.2) is 4.79 Å². The predicted octanol–water partition coefficient (Wildman–Crippen LogP) is 2.69. The summed E-state index contributed by atoms with van der Waals surface area (Å²) in [6.45, 7) is 1.81. The van der Waals surface area contributed by atoms with Gasteiger partial charge in [0.2, 0.25) is 0 Å². The van der Waals surface area contributed by atoms with E-state index >= 15 is 0 Å². The van der Waals surface area contributed by atoms with Gasteiger partial charge in [0.15, 0.2) is 0 Å². The third kappa shape index (κ3) is 3.72. The maximum atomic E-state index is 12.5. The van der Waals surface area contributed by atoms with E-state index in [4.69, 9.17) is 4.74 Å². The lowest BCUT2D eigenvalue weighted by molar-refractivity contribution is -0.384. The number of nitro benzene ring substituents is 1. The number of esters is 1. The fourth-order valence-electron chi connectivity index (χ4n) is 2.95. The SMILES string of the molecule is CCOC(=O)c1cc(C(=O)NC(C2CC2)C2CC2)cc([N+](=O)[O-])c1. The van der Waals surface area contributed by atoms with Crippen LogP contribution in [-0.4, -0.2) is 29.4 Å². The van der Waals surface area contributed by atoms with Gasteiger partial charge in [-0.15, -0.1) is 0 Å². The molecule has 0 aliphatic heterocycles. The number of non-ortho nitro benzene ring substituents is 1. The Morgan fingerprint density at radius 3 is 2.29 bits per heavy atom. The van der Waals surface area contributed by atoms with Crippen molar-refractivity contribution in [3.05, 3.63) is 39.4 Å². The summed E-state index contributed by atoms with van der Waals surface area (Å²) in [5.74, 6) is -0.00131. The molecule has 0 saturated heterocycles. The van der Waals surface area contributed by atoms with Crippen LogP contribution in [0.25, 0.3) is 0 Å². The van der Waals surface area contributed by atoms with Gasteiger partial charge in [-0.05, 0) is 50.5 Å². The van der Waals surface area contributed by atoms with E-state index in [0.29, 0.717) is 11.8 Å². The number of ether oxygens (including phenoxy) is 1. The fraction of sp³-hybridized carbons (Fsp3) is 0.529. The first-order chi connectivity index (χ1) is 11.5. The molecule has 1 aromatic rings. The second-order valence-electron chi connectivity index (χ2n) is 6.42. The summed E-state index contributed by atoms with van der Waals surface area (Å²) in [6.07, 6.45) is 4.46. The minimum Gasteiger partial charge on any atom is -0.462 e. The van der Waals surface area contributed by atoms with E-state index in [-0.39, 0.29) is 35.4 Å². The number of hydrogen-bond acceptors (Lipinski definition) is 5. The van der Waals surface area contributed by atoms with Gasteiger partial charge in [0, 0.05) is 23.7 Å². The summed E-state index contributed by atoms with van der Waals surface area (Å²) in [5.41, 5.74) is -0.149. The third-order valence-electron chi connectivity index (χ3n) is 4.46. The van der Waals surface area contributed by atoms with Gasteiger partial charge in [-0.1, -0.05) is 0 Å². The van der Waals surface area contributed by atoms with Crippen LogP contribution < -0.4 is 5.32 Å². The highest BCUT2D eigenvalue weighted by molar-refractivity contribution is 5.99. The van der Waals surface area contributed by atoms with Crippen LogP contribution >= 0.6 is 0 Å². The first-order valence-electron chi connectivity index (χ1n) is 8.27. The predicted molar refractivity (Wildman–Crippen MR) is 85.8 cm³/mol. The molecule has 0 heterocycles. The minimum atomic E-state index is -0.670. The van der Waals surface area contributed by atoms with E-state index in [2.05, 4.69) is 5.32 Å². The van der Waals surface area contributed by atoms with Gasteiger partial charge in [0.1, 0.15) is 0 Å². The number of amides is 1. The number of nitro groups is 1. The number of rotatable bonds is 7. The number of nitrogens with zero attached hydrogens (tertiary/aromatic N) is 1. The van der Waals surface area contributed by atoms with E-state index in [9.17, 15) is 19.7 Å². The van der Waals surface area contributed by atoms with E-state index in [1.807, 2.05) is 0 Å². The van der Waals surface area contributed by atoms with Crippen LogP contribution in [0.2, 0.25) is 0 Å². The van der Waals surface area contributed by atoms with Gasteiger partial charge >= 0.3 is 5.97 Å². The van der Waals surface area contributed by atoms with Crippen LogP contribution in [0.4, 0.5) is 5.69 Å². The van der Waals surface area contributed by atoms with Crippen molar-refractivity contribution in [2.75, 3.05) is 6.61 Å². The van der Waals surface area contributed by atoms with Crippen LogP contribution in [0.15, 0.2) is 18.2 Å². The number of carbonyl (C=O) groups is 2. The molecule has 0 spiro atoms.